The first-order valence-electron chi connectivity index (χ1n) is 8.52. The lowest BCUT2D eigenvalue weighted by Crippen LogP contribution is -2.35. The lowest BCUT2D eigenvalue weighted by Gasteiger charge is -2.19. The molecule has 2 amide bonds. The molecule has 0 fully saturated rings. The monoisotopic (exact) mass is 382 g/mol. The second-order valence-corrected chi connectivity index (χ2v) is 5.60. The van der Waals surface area contributed by atoms with Crippen molar-refractivity contribution in [3.63, 3.8) is 0 Å². The van der Waals surface area contributed by atoms with E-state index in [0.29, 0.717) is 6.54 Å². The molecule has 0 aliphatic heterocycles. The summed E-state index contributed by atoms with van der Waals surface area (Å²) in [6.07, 6.45) is 0. The minimum atomic E-state index is -0.719. The Kier molecular flexibility index (Phi) is 8.46. The number of ether oxygens (including phenoxy) is 2. The SMILES string of the molecule is CCN(CC)CCNC(=O)c1c(NC(C)=O)c(OC)cc(OC)c1[N+](=O)[O-]. The Morgan fingerprint density at radius 1 is 1.19 bits per heavy atom. The summed E-state index contributed by atoms with van der Waals surface area (Å²) in [4.78, 5) is 37.3. The summed E-state index contributed by atoms with van der Waals surface area (Å²) in [5.74, 6) is -1.25. The fourth-order valence-corrected chi connectivity index (χ4v) is 2.60. The first kappa shape index (κ1) is 22.2. The van der Waals surface area contributed by atoms with Crippen molar-refractivity contribution < 1.29 is 24.0 Å². The molecule has 10 nitrogen and oxygen atoms in total. The summed E-state index contributed by atoms with van der Waals surface area (Å²) in [7, 11) is 2.58. The molecule has 10 heteroatoms. The Balaban J connectivity index is 3.39. The maximum atomic E-state index is 12.8. The van der Waals surface area contributed by atoms with Crippen LogP contribution in [-0.2, 0) is 4.79 Å². The largest absolute Gasteiger partial charge is 0.494 e. The van der Waals surface area contributed by atoms with E-state index in [4.69, 9.17) is 9.47 Å². The van der Waals surface area contributed by atoms with Crippen LogP contribution in [0.3, 0.4) is 0 Å². The second kappa shape index (κ2) is 10.3. The van der Waals surface area contributed by atoms with Crippen molar-refractivity contribution in [2.75, 3.05) is 45.7 Å². The van der Waals surface area contributed by atoms with Gasteiger partial charge in [0.1, 0.15) is 17.0 Å². The number of likely N-dealkylation sites (N-methyl/N-ethyl adjacent to an activating group) is 1. The Bertz CT molecular complexity index is 703. The number of amides is 2. The van der Waals surface area contributed by atoms with E-state index in [1.54, 1.807) is 0 Å². The van der Waals surface area contributed by atoms with Crippen LogP contribution < -0.4 is 20.1 Å². The highest BCUT2D eigenvalue weighted by Crippen LogP contribution is 2.42. The standard InChI is InChI=1S/C17H26N4O6/c1-6-20(7-2)9-8-18-17(23)14-15(19-11(3)22)12(26-4)10-13(27-5)16(14)21(24)25/h10H,6-9H2,1-5H3,(H,18,23)(H,19,22). The zero-order valence-electron chi connectivity index (χ0n) is 16.2. The molecule has 150 valence electrons. The van der Waals surface area contributed by atoms with Crippen LogP contribution in [-0.4, -0.2) is 62.0 Å². The van der Waals surface area contributed by atoms with Crippen molar-refractivity contribution in [1.82, 2.24) is 10.2 Å². The maximum absolute atomic E-state index is 12.8. The predicted molar refractivity (Wildman–Crippen MR) is 101 cm³/mol. The van der Waals surface area contributed by atoms with Gasteiger partial charge in [0, 0.05) is 26.1 Å². The van der Waals surface area contributed by atoms with Crippen LogP contribution in [0.15, 0.2) is 6.07 Å². The van der Waals surface area contributed by atoms with E-state index >= 15 is 0 Å². The molecule has 27 heavy (non-hydrogen) atoms. The van der Waals surface area contributed by atoms with E-state index in [1.807, 2.05) is 13.8 Å². The highest BCUT2D eigenvalue weighted by atomic mass is 16.6. The van der Waals surface area contributed by atoms with Crippen molar-refractivity contribution in [1.29, 1.82) is 0 Å². The van der Waals surface area contributed by atoms with Crippen molar-refractivity contribution in [2.45, 2.75) is 20.8 Å². The van der Waals surface area contributed by atoms with Crippen LogP contribution in [0.2, 0.25) is 0 Å². The third kappa shape index (κ3) is 5.55. The fourth-order valence-electron chi connectivity index (χ4n) is 2.60. The van der Waals surface area contributed by atoms with Crippen molar-refractivity contribution >= 4 is 23.2 Å². The van der Waals surface area contributed by atoms with Crippen LogP contribution in [0.5, 0.6) is 11.5 Å². The molecule has 1 rings (SSSR count). The summed E-state index contributed by atoms with van der Waals surface area (Å²) < 4.78 is 10.2. The summed E-state index contributed by atoms with van der Waals surface area (Å²) in [5.41, 5.74) is -0.925. The van der Waals surface area contributed by atoms with Crippen LogP contribution in [0, 0.1) is 10.1 Å². The normalized spacial score (nSPS) is 10.4. The molecule has 0 saturated heterocycles. The second-order valence-electron chi connectivity index (χ2n) is 5.60. The Morgan fingerprint density at radius 2 is 1.78 bits per heavy atom. The number of carbonyl (C=O) groups is 2. The van der Waals surface area contributed by atoms with Crippen LogP contribution >= 0.6 is 0 Å². The maximum Gasteiger partial charge on any atom is 0.326 e. The molecule has 0 heterocycles. The predicted octanol–water partition coefficient (Wildman–Crippen LogP) is 1.64. The zero-order chi connectivity index (χ0) is 20.6. The van der Waals surface area contributed by atoms with Gasteiger partial charge < -0.3 is 25.0 Å². The number of hydrogen-bond acceptors (Lipinski definition) is 7. The number of nitro benzene ring substituents is 1. The quantitative estimate of drug-likeness (QED) is 0.466. The molecule has 0 saturated carbocycles. The number of nitro groups is 1. The fraction of sp³-hybridized carbons (Fsp3) is 0.529. The van der Waals surface area contributed by atoms with Gasteiger partial charge in [-0.05, 0) is 13.1 Å². The van der Waals surface area contributed by atoms with E-state index in [2.05, 4.69) is 15.5 Å². The average molecular weight is 382 g/mol. The lowest BCUT2D eigenvalue weighted by molar-refractivity contribution is -0.386. The zero-order valence-corrected chi connectivity index (χ0v) is 16.2. The molecule has 0 bridgehead atoms. The molecule has 0 aliphatic rings. The van der Waals surface area contributed by atoms with Gasteiger partial charge in [0.2, 0.25) is 11.7 Å². The highest BCUT2D eigenvalue weighted by Gasteiger charge is 2.32. The molecule has 1 aromatic rings. The van der Waals surface area contributed by atoms with Crippen molar-refractivity contribution in [3.8, 4) is 11.5 Å². The Hall–Kier alpha value is -2.88. The number of nitrogens with one attached hydrogen (secondary N) is 2. The minimum absolute atomic E-state index is 0.0714. The summed E-state index contributed by atoms with van der Waals surface area (Å²) in [6.45, 7) is 7.74. The molecular weight excluding hydrogens is 356 g/mol. The molecule has 0 spiro atoms. The third-order valence-electron chi connectivity index (χ3n) is 3.99. The summed E-state index contributed by atoms with van der Waals surface area (Å²) >= 11 is 0. The number of anilines is 1. The first-order valence-corrected chi connectivity index (χ1v) is 8.52. The van der Waals surface area contributed by atoms with Crippen molar-refractivity contribution in [3.05, 3.63) is 21.7 Å². The van der Waals surface area contributed by atoms with Crippen LogP contribution in [0.25, 0.3) is 0 Å². The third-order valence-corrected chi connectivity index (χ3v) is 3.99. The number of nitrogens with zero attached hydrogens (tertiary/aromatic N) is 2. The van der Waals surface area contributed by atoms with Gasteiger partial charge in [0.25, 0.3) is 5.91 Å². The van der Waals surface area contributed by atoms with Gasteiger partial charge >= 0.3 is 5.69 Å². The van der Waals surface area contributed by atoms with E-state index in [0.717, 1.165) is 13.1 Å². The van der Waals surface area contributed by atoms with Gasteiger partial charge in [-0.1, -0.05) is 13.8 Å². The van der Waals surface area contributed by atoms with Gasteiger partial charge in [-0.15, -0.1) is 0 Å². The number of benzene rings is 1. The average Bonchev–Trinajstić information content (AvgIpc) is 2.63. The van der Waals surface area contributed by atoms with Gasteiger partial charge in [-0.25, -0.2) is 0 Å². The smallest absolute Gasteiger partial charge is 0.326 e. The molecule has 1 aromatic carbocycles. The van der Waals surface area contributed by atoms with Crippen molar-refractivity contribution in [2.24, 2.45) is 0 Å². The topological polar surface area (TPSA) is 123 Å². The number of rotatable bonds is 10. The number of hydrogen-bond donors (Lipinski definition) is 2. The van der Waals surface area contributed by atoms with E-state index in [1.165, 1.54) is 27.2 Å². The summed E-state index contributed by atoms with van der Waals surface area (Å²) in [5, 5.41) is 16.7. The number of methoxy groups -OCH3 is 2. The van der Waals surface area contributed by atoms with Crippen LogP contribution in [0.4, 0.5) is 11.4 Å². The molecule has 0 radical (unpaired) electrons. The Labute approximate surface area is 158 Å². The highest BCUT2D eigenvalue weighted by molar-refractivity contribution is 6.09. The minimum Gasteiger partial charge on any atom is -0.494 e. The van der Waals surface area contributed by atoms with Gasteiger partial charge in [0.05, 0.1) is 19.1 Å². The molecular formula is C17H26N4O6. The molecule has 0 unspecified atom stereocenters. The molecule has 0 aliphatic carbocycles. The molecule has 2 N–H and O–H groups in total. The molecule has 0 atom stereocenters. The van der Waals surface area contributed by atoms with Gasteiger partial charge in [0.15, 0.2) is 0 Å². The lowest BCUT2D eigenvalue weighted by atomic mass is 10.1. The van der Waals surface area contributed by atoms with E-state index in [9.17, 15) is 19.7 Å². The van der Waals surface area contributed by atoms with E-state index < -0.39 is 22.4 Å². The van der Waals surface area contributed by atoms with E-state index in [-0.39, 0.29) is 29.3 Å². The van der Waals surface area contributed by atoms with Gasteiger partial charge in [-0.2, -0.15) is 0 Å². The summed E-state index contributed by atoms with van der Waals surface area (Å²) in [6, 6.07) is 1.26. The first-order chi connectivity index (χ1) is 12.8. The van der Waals surface area contributed by atoms with Gasteiger partial charge in [-0.3, -0.25) is 19.7 Å². The Morgan fingerprint density at radius 3 is 2.22 bits per heavy atom. The number of carbonyl (C=O) groups excluding carboxylic acids is 2. The van der Waals surface area contributed by atoms with Crippen LogP contribution in [0.1, 0.15) is 31.1 Å². The molecule has 0 aromatic heterocycles.